The highest BCUT2D eigenvalue weighted by atomic mass is 16.5. The highest BCUT2D eigenvalue weighted by Gasteiger charge is 2.27. The van der Waals surface area contributed by atoms with Crippen molar-refractivity contribution in [2.45, 2.75) is 52.6 Å². The fourth-order valence-electron chi connectivity index (χ4n) is 3.78. The van der Waals surface area contributed by atoms with Gasteiger partial charge in [-0.3, -0.25) is 4.90 Å². The van der Waals surface area contributed by atoms with Gasteiger partial charge in [0.1, 0.15) is 5.76 Å². The highest BCUT2D eigenvalue weighted by Crippen LogP contribution is 2.33. The van der Waals surface area contributed by atoms with Crippen LogP contribution in [0.5, 0.6) is 0 Å². The van der Waals surface area contributed by atoms with Gasteiger partial charge in [-0.25, -0.2) is 15.0 Å². The van der Waals surface area contributed by atoms with Crippen molar-refractivity contribution in [3.05, 3.63) is 47.1 Å². The van der Waals surface area contributed by atoms with Gasteiger partial charge in [-0.2, -0.15) is 0 Å². The van der Waals surface area contributed by atoms with Crippen molar-refractivity contribution in [3.8, 4) is 11.4 Å². The van der Waals surface area contributed by atoms with Crippen LogP contribution in [0.15, 0.2) is 23.1 Å². The van der Waals surface area contributed by atoms with Crippen LogP contribution in [0.3, 0.4) is 0 Å². The topological polar surface area (TPSA) is 83.7 Å². The number of nitrogens with zero attached hydrogens (tertiary/aromatic N) is 5. The normalized spacial score (nSPS) is 18.3. The molecule has 0 bridgehead atoms. The van der Waals surface area contributed by atoms with E-state index in [1.807, 2.05) is 27.0 Å². The lowest BCUT2D eigenvalue weighted by molar-refractivity contribution is 0.135. The Morgan fingerprint density at radius 3 is 2.85 bits per heavy atom. The molecule has 3 aromatic rings. The lowest BCUT2D eigenvalue weighted by Gasteiger charge is -2.35. The van der Waals surface area contributed by atoms with Crippen LogP contribution in [0.4, 0.5) is 0 Å². The quantitative estimate of drug-likeness (QED) is 0.773. The average Bonchev–Trinajstić information content (AvgIpc) is 3.24. The summed E-state index contributed by atoms with van der Waals surface area (Å²) < 4.78 is 5.31. The summed E-state index contributed by atoms with van der Waals surface area (Å²) in [4.78, 5) is 19.4. The first kappa shape index (κ1) is 16.9. The molecule has 1 aliphatic heterocycles. The van der Waals surface area contributed by atoms with E-state index in [1.54, 1.807) is 6.33 Å². The molecule has 1 unspecified atom stereocenters. The summed E-state index contributed by atoms with van der Waals surface area (Å²) in [5.74, 6) is 1.47. The molecule has 0 spiro atoms. The third-order valence-corrected chi connectivity index (χ3v) is 5.01. The van der Waals surface area contributed by atoms with Gasteiger partial charge < -0.3 is 9.51 Å². The number of likely N-dealkylation sites (tertiary alicyclic amines) is 1. The molecule has 7 nitrogen and oxygen atoms in total. The summed E-state index contributed by atoms with van der Waals surface area (Å²) in [6.07, 6.45) is 7.16. The summed E-state index contributed by atoms with van der Waals surface area (Å²) in [5, 5.41) is 4.05. The number of H-pyrrole nitrogens is 1. The molecule has 4 rings (SSSR count). The first-order valence-electron chi connectivity index (χ1n) is 9.12. The van der Waals surface area contributed by atoms with E-state index >= 15 is 0 Å². The number of piperidine rings is 1. The Hall–Kier alpha value is -2.54. The van der Waals surface area contributed by atoms with Crippen LogP contribution in [0.25, 0.3) is 11.4 Å². The summed E-state index contributed by atoms with van der Waals surface area (Å²) in [5.41, 5.74) is 4.92. The fourth-order valence-corrected chi connectivity index (χ4v) is 3.78. The van der Waals surface area contributed by atoms with Crippen LogP contribution in [0.2, 0.25) is 0 Å². The SMILES string of the molecule is Cc1cc(C2CCCCN2Cc2cnc[nH]2)nc(-c2c(C)noc2C)n1. The second kappa shape index (κ2) is 6.99. The number of nitrogens with one attached hydrogen (secondary N) is 1. The Balaban J connectivity index is 1.69. The highest BCUT2D eigenvalue weighted by molar-refractivity contribution is 5.60. The lowest BCUT2D eigenvalue weighted by Crippen LogP contribution is -2.33. The molecule has 0 amide bonds. The van der Waals surface area contributed by atoms with Gasteiger partial charge in [0.05, 0.1) is 29.3 Å². The molecule has 0 saturated carbocycles. The van der Waals surface area contributed by atoms with E-state index in [9.17, 15) is 0 Å². The molecule has 4 heterocycles. The van der Waals surface area contributed by atoms with Crippen molar-refractivity contribution in [2.24, 2.45) is 0 Å². The van der Waals surface area contributed by atoms with Crippen LogP contribution in [0.1, 0.15) is 53.8 Å². The summed E-state index contributed by atoms with van der Waals surface area (Å²) >= 11 is 0. The fraction of sp³-hybridized carbons (Fsp3) is 0.474. The lowest BCUT2D eigenvalue weighted by atomic mass is 9.98. The summed E-state index contributed by atoms with van der Waals surface area (Å²) in [6, 6.07) is 2.39. The standard InChI is InChI=1S/C19H24N6O/c1-12-8-16(23-19(22-12)18-13(2)24-26-14(18)3)17-6-4-5-7-25(17)10-15-9-20-11-21-15/h8-9,11,17H,4-7,10H2,1-3H3,(H,20,21). The van der Waals surface area contributed by atoms with E-state index in [4.69, 9.17) is 9.51 Å². The minimum Gasteiger partial charge on any atom is -0.361 e. The molecule has 0 radical (unpaired) electrons. The van der Waals surface area contributed by atoms with Gasteiger partial charge in [-0.1, -0.05) is 11.6 Å². The number of aryl methyl sites for hydroxylation is 3. The molecule has 1 N–H and O–H groups in total. The van der Waals surface area contributed by atoms with Gasteiger partial charge in [0.2, 0.25) is 0 Å². The van der Waals surface area contributed by atoms with E-state index in [0.717, 1.165) is 53.6 Å². The number of hydrogen-bond acceptors (Lipinski definition) is 6. The maximum absolute atomic E-state index is 5.31. The zero-order chi connectivity index (χ0) is 18.1. The first-order chi connectivity index (χ1) is 12.6. The molecule has 0 aliphatic carbocycles. The Bertz CT molecular complexity index is 866. The zero-order valence-corrected chi connectivity index (χ0v) is 15.5. The summed E-state index contributed by atoms with van der Waals surface area (Å²) in [6.45, 7) is 7.78. The molecule has 1 saturated heterocycles. The second-order valence-corrected chi connectivity index (χ2v) is 7.02. The third-order valence-electron chi connectivity index (χ3n) is 5.01. The van der Waals surface area contributed by atoms with Crippen LogP contribution >= 0.6 is 0 Å². The maximum Gasteiger partial charge on any atom is 0.165 e. The second-order valence-electron chi connectivity index (χ2n) is 7.02. The van der Waals surface area contributed by atoms with Crippen molar-refractivity contribution < 1.29 is 4.52 Å². The minimum absolute atomic E-state index is 0.285. The Kier molecular flexibility index (Phi) is 4.55. The van der Waals surface area contributed by atoms with E-state index in [0.29, 0.717) is 5.82 Å². The van der Waals surface area contributed by atoms with Crippen LogP contribution < -0.4 is 0 Å². The van der Waals surface area contributed by atoms with E-state index in [1.165, 1.54) is 12.8 Å². The maximum atomic E-state index is 5.31. The van der Waals surface area contributed by atoms with Crippen molar-refractivity contribution in [3.63, 3.8) is 0 Å². The van der Waals surface area contributed by atoms with Gasteiger partial charge in [0, 0.05) is 24.1 Å². The van der Waals surface area contributed by atoms with Gasteiger partial charge >= 0.3 is 0 Å². The molecule has 7 heteroatoms. The largest absolute Gasteiger partial charge is 0.361 e. The smallest absolute Gasteiger partial charge is 0.165 e. The van der Waals surface area contributed by atoms with E-state index < -0.39 is 0 Å². The zero-order valence-electron chi connectivity index (χ0n) is 15.5. The molecule has 1 aliphatic rings. The average molecular weight is 352 g/mol. The number of aromatic amines is 1. The number of rotatable bonds is 4. The Morgan fingerprint density at radius 2 is 2.12 bits per heavy atom. The van der Waals surface area contributed by atoms with Gasteiger partial charge in [-0.05, 0) is 46.2 Å². The molecule has 1 atom stereocenters. The Labute approximate surface area is 152 Å². The minimum atomic E-state index is 0.285. The molecular weight excluding hydrogens is 328 g/mol. The van der Waals surface area contributed by atoms with Crippen LogP contribution in [-0.2, 0) is 6.54 Å². The number of imidazole rings is 1. The molecule has 1 fully saturated rings. The monoisotopic (exact) mass is 352 g/mol. The predicted molar refractivity (Wildman–Crippen MR) is 97.3 cm³/mol. The van der Waals surface area contributed by atoms with Crippen LogP contribution in [-0.4, -0.2) is 36.5 Å². The van der Waals surface area contributed by atoms with Gasteiger partial charge in [-0.15, -0.1) is 0 Å². The van der Waals surface area contributed by atoms with Crippen molar-refractivity contribution in [1.82, 2.24) is 30.0 Å². The van der Waals surface area contributed by atoms with Crippen molar-refractivity contribution in [1.29, 1.82) is 0 Å². The van der Waals surface area contributed by atoms with Gasteiger partial charge in [0.15, 0.2) is 5.82 Å². The van der Waals surface area contributed by atoms with Crippen molar-refractivity contribution in [2.75, 3.05) is 6.54 Å². The first-order valence-corrected chi connectivity index (χ1v) is 9.12. The van der Waals surface area contributed by atoms with E-state index in [2.05, 4.69) is 31.1 Å². The third kappa shape index (κ3) is 3.26. The predicted octanol–water partition coefficient (Wildman–Crippen LogP) is 3.51. The van der Waals surface area contributed by atoms with Crippen LogP contribution in [0, 0.1) is 20.8 Å². The molecular formula is C19H24N6O. The number of aromatic nitrogens is 5. The van der Waals surface area contributed by atoms with Gasteiger partial charge in [0.25, 0.3) is 0 Å². The van der Waals surface area contributed by atoms with Crippen molar-refractivity contribution >= 4 is 0 Å². The molecule has 0 aromatic carbocycles. The molecule has 3 aromatic heterocycles. The number of hydrogen-bond donors (Lipinski definition) is 1. The molecule has 26 heavy (non-hydrogen) atoms. The Morgan fingerprint density at radius 1 is 1.23 bits per heavy atom. The van der Waals surface area contributed by atoms with E-state index in [-0.39, 0.29) is 6.04 Å². The summed E-state index contributed by atoms with van der Waals surface area (Å²) in [7, 11) is 0. The molecule has 136 valence electrons.